The van der Waals surface area contributed by atoms with Crippen molar-refractivity contribution in [3.05, 3.63) is 63.7 Å². The first kappa shape index (κ1) is 16.5. The maximum Gasteiger partial charge on any atom is 0.323 e. The molecule has 0 spiro atoms. The van der Waals surface area contributed by atoms with Gasteiger partial charge in [-0.1, -0.05) is 23.7 Å². The third kappa shape index (κ3) is 3.77. The number of aromatic amines is 1. The smallest absolute Gasteiger partial charge is 0.308 e. The van der Waals surface area contributed by atoms with Gasteiger partial charge in [0.1, 0.15) is 5.69 Å². The molecule has 2 aromatic carbocycles. The van der Waals surface area contributed by atoms with Crippen molar-refractivity contribution in [2.75, 3.05) is 10.6 Å². The first-order valence-electron chi connectivity index (χ1n) is 7.17. The van der Waals surface area contributed by atoms with Crippen LogP contribution in [0.3, 0.4) is 0 Å². The van der Waals surface area contributed by atoms with Crippen molar-refractivity contribution >= 4 is 44.9 Å². The average Bonchev–Trinajstić information content (AvgIpc) is 2.89. The van der Waals surface area contributed by atoms with Gasteiger partial charge in [-0.25, -0.2) is 4.79 Å². The minimum absolute atomic E-state index is 0.327. The Morgan fingerprint density at radius 1 is 1.12 bits per heavy atom. The predicted octanol–water partition coefficient (Wildman–Crippen LogP) is 5.45. The second-order valence-electron chi connectivity index (χ2n) is 5.18. The topological polar surface area (TPSA) is 69.8 Å². The van der Waals surface area contributed by atoms with Gasteiger partial charge in [0, 0.05) is 27.7 Å². The van der Waals surface area contributed by atoms with Crippen LogP contribution in [0.2, 0.25) is 5.02 Å². The number of hydrogen-bond donors (Lipinski definition) is 3. The van der Waals surface area contributed by atoms with Gasteiger partial charge in [-0.2, -0.15) is 5.10 Å². The number of carbonyl (C=O) groups is 1. The molecule has 1 heterocycles. The molecule has 2 amide bonds. The van der Waals surface area contributed by atoms with Crippen molar-refractivity contribution in [1.29, 1.82) is 0 Å². The Morgan fingerprint density at radius 2 is 1.83 bits per heavy atom. The zero-order valence-corrected chi connectivity index (χ0v) is 15.1. The first-order chi connectivity index (χ1) is 11.5. The summed E-state index contributed by atoms with van der Waals surface area (Å²) in [7, 11) is 0. The summed E-state index contributed by atoms with van der Waals surface area (Å²) in [6, 6.07) is 14.1. The summed E-state index contributed by atoms with van der Waals surface area (Å²) in [5, 5.41) is 13.4. The summed E-state index contributed by atoms with van der Waals surface area (Å²) in [5.41, 5.74) is 3.99. The lowest BCUT2D eigenvalue weighted by molar-refractivity contribution is 0.262. The lowest BCUT2D eigenvalue weighted by Gasteiger charge is -2.09. The maximum atomic E-state index is 12.1. The quantitative estimate of drug-likeness (QED) is 0.542. The largest absolute Gasteiger partial charge is 0.323 e. The lowest BCUT2D eigenvalue weighted by atomic mass is 10.1. The van der Waals surface area contributed by atoms with Crippen molar-refractivity contribution in [3.8, 4) is 11.3 Å². The Labute approximate surface area is 152 Å². The van der Waals surface area contributed by atoms with Crippen LogP contribution in [0.1, 0.15) is 5.69 Å². The van der Waals surface area contributed by atoms with E-state index in [4.69, 9.17) is 11.6 Å². The zero-order chi connectivity index (χ0) is 17.1. The molecule has 0 atom stereocenters. The highest BCUT2D eigenvalue weighted by Crippen LogP contribution is 2.29. The van der Waals surface area contributed by atoms with Crippen molar-refractivity contribution in [3.63, 3.8) is 0 Å². The van der Waals surface area contributed by atoms with Crippen LogP contribution in [0.5, 0.6) is 0 Å². The lowest BCUT2D eigenvalue weighted by Crippen LogP contribution is -2.19. The second-order valence-corrected chi connectivity index (χ2v) is 6.41. The van der Waals surface area contributed by atoms with Crippen LogP contribution < -0.4 is 10.6 Å². The highest BCUT2D eigenvalue weighted by atomic mass is 79.9. The number of halogens is 2. The van der Waals surface area contributed by atoms with Gasteiger partial charge in [-0.05, 0) is 59.3 Å². The number of nitrogens with zero attached hydrogens (tertiary/aromatic N) is 1. The van der Waals surface area contributed by atoms with Crippen LogP contribution in [0, 0.1) is 6.92 Å². The number of nitrogens with one attached hydrogen (secondary N) is 3. The van der Waals surface area contributed by atoms with Gasteiger partial charge in [0.2, 0.25) is 0 Å². The molecule has 122 valence electrons. The molecule has 5 nitrogen and oxygen atoms in total. The SMILES string of the molecule is Cc1[nH]nc(-c2cccc(NC(=O)Nc3ccc(Cl)cc3)c2)c1Br. The molecule has 3 aromatic rings. The van der Waals surface area contributed by atoms with E-state index in [9.17, 15) is 4.79 Å². The number of hydrogen-bond acceptors (Lipinski definition) is 2. The van der Waals surface area contributed by atoms with E-state index >= 15 is 0 Å². The minimum atomic E-state index is -0.327. The number of carbonyl (C=O) groups excluding carboxylic acids is 1. The summed E-state index contributed by atoms with van der Waals surface area (Å²) >= 11 is 9.34. The van der Waals surface area contributed by atoms with Crippen LogP contribution in [-0.4, -0.2) is 16.2 Å². The highest BCUT2D eigenvalue weighted by molar-refractivity contribution is 9.10. The molecule has 0 radical (unpaired) electrons. The third-order valence-electron chi connectivity index (χ3n) is 3.37. The molecule has 0 bridgehead atoms. The van der Waals surface area contributed by atoms with Crippen LogP contribution in [0.25, 0.3) is 11.3 Å². The van der Waals surface area contributed by atoms with E-state index in [2.05, 4.69) is 36.8 Å². The summed E-state index contributed by atoms with van der Waals surface area (Å²) in [6.07, 6.45) is 0. The summed E-state index contributed by atoms with van der Waals surface area (Å²) in [6.45, 7) is 1.93. The number of benzene rings is 2. The number of aromatic nitrogens is 2. The van der Waals surface area contributed by atoms with Gasteiger partial charge >= 0.3 is 6.03 Å². The van der Waals surface area contributed by atoms with E-state index in [0.29, 0.717) is 16.4 Å². The summed E-state index contributed by atoms with van der Waals surface area (Å²) in [5.74, 6) is 0. The van der Waals surface area contributed by atoms with Crippen molar-refractivity contribution in [1.82, 2.24) is 10.2 Å². The van der Waals surface area contributed by atoms with Crippen LogP contribution in [0.15, 0.2) is 53.0 Å². The van der Waals surface area contributed by atoms with Crippen molar-refractivity contribution < 1.29 is 4.79 Å². The Balaban J connectivity index is 1.73. The molecule has 3 rings (SSSR count). The molecule has 1 aromatic heterocycles. The fraction of sp³-hybridized carbons (Fsp3) is 0.0588. The van der Waals surface area contributed by atoms with Gasteiger partial charge in [0.05, 0.1) is 4.47 Å². The van der Waals surface area contributed by atoms with E-state index in [-0.39, 0.29) is 6.03 Å². The number of aryl methyl sites for hydroxylation is 1. The summed E-state index contributed by atoms with van der Waals surface area (Å²) in [4.78, 5) is 12.1. The zero-order valence-electron chi connectivity index (χ0n) is 12.7. The average molecular weight is 406 g/mol. The molecule has 0 aliphatic carbocycles. The molecule has 0 saturated carbocycles. The fourth-order valence-corrected chi connectivity index (χ4v) is 2.71. The number of amides is 2. The summed E-state index contributed by atoms with van der Waals surface area (Å²) < 4.78 is 0.908. The standard InChI is InChI=1S/C17H14BrClN4O/c1-10-15(18)16(23-22-10)11-3-2-4-14(9-11)21-17(24)20-13-7-5-12(19)6-8-13/h2-9H,1H3,(H,22,23)(H2,20,21,24). The van der Waals surface area contributed by atoms with E-state index in [0.717, 1.165) is 21.4 Å². The second kappa shape index (κ2) is 7.07. The Bertz CT molecular complexity index is 877. The highest BCUT2D eigenvalue weighted by Gasteiger charge is 2.11. The number of H-pyrrole nitrogens is 1. The van der Waals surface area contributed by atoms with Crippen LogP contribution in [0.4, 0.5) is 16.2 Å². The molecule has 0 aliphatic rings. The molecular formula is C17H14BrClN4O. The normalized spacial score (nSPS) is 10.5. The van der Waals surface area contributed by atoms with Gasteiger partial charge in [-0.3, -0.25) is 5.10 Å². The van der Waals surface area contributed by atoms with Crippen LogP contribution in [-0.2, 0) is 0 Å². The van der Waals surface area contributed by atoms with Crippen molar-refractivity contribution in [2.45, 2.75) is 6.92 Å². The Hall–Kier alpha value is -2.31. The van der Waals surface area contributed by atoms with E-state index < -0.39 is 0 Å². The fourth-order valence-electron chi connectivity index (χ4n) is 2.18. The molecule has 7 heteroatoms. The molecular weight excluding hydrogens is 392 g/mol. The monoisotopic (exact) mass is 404 g/mol. The first-order valence-corrected chi connectivity index (χ1v) is 8.34. The molecule has 0 aliphatic heterocycles. The van der Waals surface area contributed by atoms with Gasteiger partial charge in [0.15, 0.2) is 0 Å². The molecule has 0 fully saturated rings. The van der Waals surface area contributed by atoms with Gasteiger partial charge < -0.3 is 10.6 Å². The molecule has 24 heavy (non-hydrogen) atoms. The Kier molecular flexibility index (Phi) is 4.87. The third-order valence-corrected chi connectivity index (χ3v) is 4.59. The minimum Gasteiger partial charge on any atom is -0.308 e. The number of anilines is 2. The van der Waals surface area contributed by atoms with Crippen molar-refractivity contribution in [2.24, 2.45) is 0 Å². The molecule has 3 N–H and O–H groups in total. The van der Waals surface area contributed by atoms with Crippen LogP contribution >= 0.6 is 27.5 Å². The number of urea groups is 1. The molecule has 0 saturated heterocycles. The number of rotatable bonds is 3. The van der Waals surface area contributed by atoms with Gasteiger partial charge in [-0.15, -0.1) is 0 Å². The maximum absolute atomic E-state index is 12.1. The van der Waals surface area contributed by atoms with Gasteiger partial charge in [0.25, 0.3) is 0 Å². The van der Waals surface area contributed by atoms with E-state index in [1.165, 1.54) is 0 Å². The Morgan fingerprint density at radius 3 is 2.50 bits per heavy atom. The van der Waals surface area contributed by atoms with E-state index in [1.807, 2.05) is 31.2 Å². The van der Waals surface area contributed by atoms with E-state index in [1.54, 1.807) is 24.3 Å². The predicted molar refractivity (Wildman–Crippen MR) is 101 cm³/mol. The molecule has 0 unspecified atom stereocenters.